The van der Waals surface area contributed by atoms with Gasteiger partial charge in [0.15, 0.2) is 0 Å². The summed E-state index contributed by atoms with van der Waals surface area (Å²) in [5.74, 6) is 0. The maximum absolute atomic E-state index is 2.38. The molecule has 0 atom stereocenters. The summed E-state index contributed by atoms with van der Waals surface area (Å²) in [7, 11) is 0. The molecule has 0 N–H and O–H groups in total. The second-order valence-electron chi connectivity index (χ2n) is 9.79. The van der Waals surface area contributed by atoms with Crippen LogP contribution in [0.3, 0.4) is 0 Å². The van der Waals surface area contributed by atoms with Crippen molar-refractivity contribution in [2.45, 2.75) is 66.2 Å². The fourth-order valence-electron chi connectivity index (χ4n) is 3.25. The third-order valence-electron chi connectivity index (χ3n) is 5.00. The summed E-state index contributed by atoms with van der Waals surface area (Å²) in [6.07, 6.45) is 2.00. The first-order valence-corrected chi connectivity index (χ1v) is 10.6. The van der Waals surface area contributed by atoms with Gasteiger partial charge in [0.2, 0.25) is 0 Å². The van der Waals surface area contributed by atoms with Crippen LogP contribution in [0.2, 0.25) is 0 Å². The minimum absolute atomic E-state index is 0. The van der Waals surface area contributed by atoms with E-state index in [0.29, 0.717) is 0 Å². The molecule has 3 heteroatoms. The standard InChI is InChI=1S/C21H25.C5H5.C3H7.2ClH.Zr/c1-20(2,3)16-9-7-14-11-15-8-10-17(21(4,5)6)13-19(15)18(14)12-16;1-2-4-5-3-1;1-3-2;;;/h7-13H,1-6H3;1-5H;3H,1-2H3;2*1H;/q3*-1;;;+2/p-2. The van der Waals surface area contributed by atoms with Crippen LogP contribution in [0.25, 0.3) is 21.5 Å². The van der Waals surface area contributed by atoms with E-state index in [-0.39, 0.29) is 61.8 Å². The van der Waals surface area contributed by atoms with Crippen LogP contribution in [0.1, 0.15) is 66.5 Å². The Labute approximate surface area is 227 Å². The Morgan fingerprint density at radius 3 is 1.25 bits per heavy atom. The molecular weight excluding hydrogens is 510 g/mol. The summed E-state index contributed by atoms with van der Waals surface area (Å²) >= 11 is 0. The summed E-state index contributed by atoms with van der Waals surface area (Å²) in [5, 5.41) is 5.49. The smallest absolute Gasteiger partial charge is 1.00 e. The zero-order valence-corrected chi connectivity index (χ0v) is 24.7. The Kier molecular flexibility index (Phi) is 15.0. The molecule has 4 aromatic rings. The van der Waals surface area contributed by atoms with E-state index in [2.05, 4.69) is 84.0 Å². The van der Waals surface area contributed by atoms with Crippen LogP contribution in [0.15, 0.2) is 72.8 Å². The predicted molar refractivity (Wildman–Crippen MR) is 132 cm³/mol. The monoisotopic (exact) mass is 545 g/mol. The molecule has 0 aromatic heterocycles. The van der Waals surface area contributed by atoms with Crippen molar-refractivity contribution in [2.75, 3.05) is 0 Å². The maximum Gasteiger partial charge on any atom is 2.00 e. The molecule has 0 aliphatic carbocycles. The van der Waals surface area contributed by atoms with E-state index in [0.717, 1.165) is 0 Å². The summed E-state index contributed by atoms with van der Waals surface area (Å²) in [4.78, 5) is 0. The van der Waals surface area contributed by atoms with E-state index in [9.17, 15) is 0 Å². The molecule has 0 saturated carbocycles. The Bertz CT molecular complexity index is 928. The second kappa shape index (κ2) is 14.4. The third-order valence-corrected chi connectivity index (χ3v) is 5.00. The maximum atomic E-state index is 2.38. The van der Waals surface area contributed by atoms with Gasteiger partial charge in [-0.2, -0.15) is 32.0 Å². The minimum atomic E-state index is 0. The molecule has 0 saturated heterocycles. The topological polar surface area (TPSA) is 0 Å². The van der Waals surface area contributed by atoms with Crippen molar-refractivity contribution < 1.29 is 51.0 Å². The number of hydrogen-bond donors (Lipinski definition) is 0. The molecule has 0 spiro atoms. The van der Waals surface area contributed by atoms with Crippen LogP contribution < -0.4 is 24.8 Å². The van der Waals surface area contributed by atoms with Crippen LogP contribution >= 0.6 is 0 Å². The van der Waals surface area contributed by atoms with Gasteiger partial charge < -0.3 is 31.2 Å². The molecule has 4 aromatic carbocycles. The number of hydrogen-bond acceptors (Lipinski definition) is 0. The number of benzene rings is 2. The van der Waals surface area contributed by atoms with Crippen molar-refractivity contribution in [3.8, 4) is 0 Å². The Hall–Kier alpha value is -0.877. The normalized spacial score (nSPS) is 10.5. The molecule has 0 radical (unpaired) electrons. The van der Waals surface area contributed by atoms with E-state index in [1.165, 1.54) is 32.7 Å². The third kappa shape index (κ3) is 9.17. The molecule has 174 valence electrons. The Balaban J connectivity index is 0. The van der Waals surface area contributed by atoms with E-state index >= 15 is 0 Å². The molecule has 0 amide bonds. The number of rotatable bonds is 0. The van der Waals surface area contributed by atoms with Gasteiger partial charge in [0.1, 0.15) is 0 Å². The summed E-state index contributed by atoms with van der Waals surface area (Å²) in [6.45, 7) is 17.7. The zero-order valence-electron chi connectivity index (χ0n) is 20.8. The first-order chi connectivity index (χ1) is 13.6. The first-order valence-electron chi connectivity index (χ1n) is 10.6. The molecule has 0 aliphatic heterocycles. The van der Waals surface area contributed by atoms with Crippen LogP contribution in [0.4, 0.5) is 0 Å². The second-order valence-corrected chi connectivity index (χ2v) is 9.79. The minimum Gasteiger partial charge on any atom is -1.00 e. The molecule has 0 fully saturated rings. The molecule has 0 aliphatic rings. The summed E-state index contributed by atoms with van der Waals surface area (Å²) in [5.41, 5.74) is 3.20. The predicted octanol–water partition coefficient (Wildman–Crippen LogP) is 2.95. The van der Waals surface area contributed by atoms with E-state index in [1.54, 1.807) is 0 Å². The van der Waals surface area contributed by atoms with E-state index in [1.807, 2.05) is 50.6 Å². The quantitative estimate of drug-likeness (QED) is 0.297. The van der Waals surface area contributed by atoms with Crippen molar-refractivity contribution in [3.05, 3.63) is 90.3 Å². The summed E-state index contributed by atoms with van der Waals surface area (Å²) in [6, 6.07) is 26.1. The van der Waals surface area contributed by atoms with E-state index < -0.39 is 0 Å². The largest absolute Gasteiger partial charge is 2.00 e. The van der Waals surface area contributed by atoms with Crippen molar-refractivity contribution in [2.24, 2.45) is 0 Å². The van der Waals surface area contributed by atoms with Gasteiger partial charge in [-0.3, -0.25) is 0 Å². The van der Waals surface area contributed by atoms with Crippen LogP contribution in [-0.4, -0.2) is 0 Å². The van der Waals surface area contributed by atoms with Crippen LogP contribution in [-0.2, 0) is 37.0 Å². The van der Waals surface area contributed by atoms with Gasteiger partial charge in [0, 0.05) is 0 Å². The molecule has 0 unspecified atom stereocenters. The Morgan fingerprint density at radius 2 is 1.00 bits per heavy atom. The molecule has 32 heavy (non-hydrogen) atoms. The van der Waals surface area contributed by atoms with Crippen LogP contribution in [0.5, 0.6) is 0 Å². The van der Waals surface area contributed by atoms with Gasteiger partial charge >= 0.3 is 26.2 Å². The first kappa shape index (κ1) is 33.3. The summed E-state index contributed by atoms with van der Waals surface area (Å²) < 4.78 is 0. The van der Waals surface area contributed by atoms with Crippen LogP contribution in [0, 0.1) is 6.42 Å². The van der Waals surface area contributed by atoms with Crippen molar-refractivity contribution >= 4 is 21.5 Å². The fraction of sp³-hybridized carbons (Fsp3) is 0.345. The number of halogens is 2. The molecule has 0 heterocycles. The SMILES string of the molecule is CC(C)(C)c1ccc2[cH-]c3ccc(C(C)(C)C)cc3c2c1.C[CH-]C.[Cl-].[Cl-].[Zr+2].c1cc[cH-]c1. The fourth-order valence-corrected chi connectivity index (χ4v) is 3.25. The molecule has 4 rings (SSSR count). The number of fused-ring (bicyclic) bond motifs is 3. The molecule has 0 nitrogen and oxygen atoms in total. The van der Waals surface area contributed by atoms with E-state index in [4.69, 9.17) is 0 Å². The average Bonchev–Trinajstić information content (AvgIpc) is 3.31. The molecule has 0 bridgehead atoms. The van der Waals surface area contributed by atoms with Crippen molar-refractivity contribution in [1.82, 2.24) is 0 Å². The molecular formula is C29H37Cl2Zr-3. The van der Waals surface area contributed by atoms with Crippen molar-refractivity contribution in [1.29, 1.82) is 0 Å². The van der Waals surface area contributed by atoms with Gasteiger partial charge in [-0.1, -0.05) is 76.9 Å². The van der Waals surface area contributed by atoms with Gasteiger partial charge in [-0.05, 0) is 10.8 Å². The van der Waals surface area contributed by atoms with Crippen molar-refractivity contribution in [3.63, 3.8) is 0 Å². The van der Waals surface area contributed by atoms with Gasteiger partial charge in [0.25, 0.3) is 0 Å². The van der Waals surface area contributed by atoms with Gasteiger partial charge in [0.05, 0.1) is 0 Å². The van der Waals surface area contributed by atoms with Gasteiger partial charge in [-0.25, -0.2) is 12.1 Å². The zero-order chi connectivity index (χ0) is 21.7. The average molecular weight is 548 g/mol. The van der Waals surface area contributed by atoms with Gasteiger partial charge in [-0.15, -0.1) is 39.7 Å². The Morgan fingerprint density at radius 1 is 0.656 bits per heavy atom.